The maximum absolute atomic E-state index is 5.84. The lowest BCUT2D eigenvalue weighted by Gasteiger charge is -2.02. The Bertz CT molecular complexity index is 706. The fraction of sp³-hybridized carbons (Fsp3) is 0.214. The molecule has 0 atom stereocenters. The van der Waals surface area contributed by atoms with Gasteiger partial charge in [0.15, 0.2) is 0 Å². The van der Waals surface area contributed by atoms with Crippen LogP contribution in [0.5, 0.6) is 0 Å². The molecule has 0 saturated heterocycles. The first-order chi connectivity index (χ1) is 8.72. The van der Waals surface area contributed by atoms with Gasteiger partial charge in [-0.1, -0.05) is 18.2 Å². The molecule has 0 amide bonds. The van der Waals surface area contributed by atoms with Gasteiger partial charge in [-0.05, 0) is 13.0 Å². The van der Waals surface area contributed by atoms with E-state index in [1.807, 2.05) is 32.3 Å². The normalized spacial score (nSPS) is 11.3. The second-order valence-electron chi connectivity index (χ2n) is 4.47. The molecule has 0 aliphatic rings. The maximum Gasteiger partial charge on any atom is 0.106 e. The van der Waals surface area contributed by atoms with Gasteiger partial charge in [-0.3, -0.25) is 0 Å². The van der Waals surface area contributed by atoms with Crippen LogP contribution in [0.15, 0.2) is 30.5 Å². The fourth-order valence-corrected chi connectivity index (χ4v) is 2.37. The number of imidazole rings is 1. The topological polar surface area (TPSA) is 59.6 Å². The monoisotopic (exact) mass is 240 g/mol. The zero-order valence-electron chi connectivity index (χ0n) is 10.6. The van der Waals surface area contributed by atoms with Crippen LogP contribution in [-0.4, -0.2) is 14.5 Å². The molecule has 3 N–H and O–H groups in total. The van der Waals surface area contributed by atoms with E-state index in [0.29, 0.717) is 6.54 Å². The van der Waals surface area contributed by atoms with Crippen molar-refractivity contribution in [1.82, 2.24) is 14.5 Å². The zero-order chi connectivity index (χ0) is 12.7. The second kappa shape index (κ2) is 3.99. The number of aromatic amines is 1. The number of fused-ring (bicyclic) bond motifs is 1. The molecular formula is C14H16N4. The second-order valence-corrected chi connectivity index (χ2v) is 4.47. The number of nitrogens with one attached hydrogen (secondary N) is 1. The van der Waals surface area contributed by atoms with Crippen LogP contribution >= 0.6 is 0 Å². The Morgan fingerprint density at radius 2 is 2.11 bits per heavy atom. The van der Waals surface area contributed by atoms with Crippen LogP contribution in [0.1, 0.15) is 11.5 Å². The van der Waals surface area contributed by atoms with Gasteiger partial charge in [-0.15, -0.1) is 0 Å². The molecule has 18 heavy (non-hydrogen) atoms. The predicted octanol–water partition coefficient (Wildman–Crippen LogP) is 2.34. The van der Waals surface area contributed by atoms with Crippen molar-refractivity contribution in [2.45, 2.75) is 13.5 Å². The van der Waals surface area contributed by atoms with Crippen molar-refractivity contribution in [1.29, 1.82) is 0 Å². The highest BCUT2D eigenvalue weighted by Gasteiger charge is 2.15. The molecule has 2 aromatic heterocycles. The van der Waals surface area contributed by atoms with Crippen LogP contribution in [0, 0.1) is 6.92 Å². The molecule has 0 radical (unpaired) electrons. The number of aromatic nitrogens is 3. The Kier molecular flexibility index (Phi) is 2.45. The molecule has 4 heteroatoms. The van der Waals surface area contributed by atoms with Gasteiger partial charge < -0.3 is 15.3 Å². The summed E-state index contributed by atoms with van der Waals surface area (Å²) in [5, 5.41) is 1.19. The number of H-pyrrole nitrogens is 1. The highest BCUT2D eigenvalue weighted by molar-refractivity contribution is 5.95. The largest absolute Gasteiger partial charge is 0.360 e. The molecule has 0 spiro atoms. The SMILES string of the molecule is Cc1nc(-c2c[nH]c3ccccc23)c(CN)n1C. The minimum Gasteiger partial charge on any atom is -0.360 e. The standard InChI is InChI=1S/C14H16N4/c1-9-17-14(13(7-15)18(9)2)11-8-16-12-6-4-3-5-10(11)12/h3-6,8,16H,7,15H2,1-2H3. The van der Waals surface area contributed by atoms with Gasteiger partial charge in [0.1, 0.15) is 5.82 Å². The van der Waals surface area contributed by atoms with E-state index < -0.39 is 0 Å². The summed E-state index contributed by atoms with van der Waals surface area (Å²) < 4.78 is 2.05. The van der Waals surface area contributed by atoms with Crippen molar-refractivity contribution >= 4 is 10.9 Å². The lowest BCUT2D eigenvalue weighted by molar-refractivity contribution is 0.789. The minimum atomic E-state index is 0.492. The zero-order valence-corrected chi connectivity index (χ0v) is 10.6. The first kappa shape index (κ1) is 11.0. The van der Waals surface area contributed by atoms with Crippen LogP contribution in [0.2, 0.25) is 0 Å². The van der Waals surface area contributed by atoms with Gasteiger partial charge in [-0.2, -0.15) is 0 Å². The van der Waals surface area contributed by atoms with Crippen molar-refractivity contribution in [3.8, 4) is 11.3 Å². The molecular weight excluding hydrogens is 224 g/mol. The lowest BCUT2D eigenvalue weighted by Crippen LogP contribution is -2.05. The Morgan fingerprint density at radius 1 is 1.33 bits per heavy atom. The highest BCUT2D eigenvalue weighted by atomic mass is 15.1. The molecule has 0 aliphatic heterocycles. The third-order valence-electron chi connectivity index (χ3n) is 3.47. The Hall–Kier alpha value is -2.07. The van der Waals surface area contributed by atoms with Crippen molar-refractivity contribution < 1.29 is 0 Å². The van der Waals surface area contributed by atoms with Crippen LogP contribution in [0.25, 0.3) is 22.2 Å². The van der Waals surface area contributed by atoms with E-state index >= 15 is 0 Å². The molecule has 0 bridgehead atoms. The summed E-state index contributed by atoms with van der Waals surface area (Å²) in [7, 11) is 2.00. The summed E-state index contributed by atoms with van der Waals surface area (Å²) in [6.45, 7) is 2.49. The number of hydrogen-bond acceptors (Lipinski definition) is 2. The van der Waals surface area contributed by atoms with Gasteiger partial charge in [-0.25, -0.2) is 4.98 Å². The molecule has 4 nitrogen and oxygen atoms in total. The summed E-state index contributed by atoms with van der Waals surface area (Å²) in [5.41, 5.74) is 10.1. The van der Waals surface area contributed by atoms with Gasteiger partial charge >= 0.3 is 0 Å². The average Bonchev–Trinajstić information content (AvgIpc) is 2.92. The van der Waals surface area contributed by atoms with Gasteiger partial charge in [0.05, 0.1) is 11.4 Å². The summed E-state index contributed by atoms with van der Waals surface area (Å²) in [6, 6.07) is 8.23. The van der Waals surface area contributed by atoms with E-state index in [1.54, 1.807) is 0 Å². The minimum absolute atomic E-state index is 0.492. The molecule has 3 rings (SSSR count). The van der Waals surface area contributed by atoms with Crippen LogP contribution in [0.4, 0.5) is 0 Å². The van der Waals surface area contributed by atoms with Crippen LogP contribution in [0.3, 0.4) is 0 Å². The third kappa shape index (κ3) is 1.46. The number of aryl methyl sites for hydroxylation is 1. The van der Waals surface area contributed by atoms with Crippen LogP contribution in [-0.2, 0) is 13.6 Å². The van der Waals surface area contributed by atoms with Crippen molar-refractivity contribution in [2.75, 3.05) is 0 Å². The van der Waals surface area contributed by atoms with E-state index in [-0.39, 0.29) is 0 Å². The summed E-state index contributed by atoms with van der Waals surface area (Å²) in [6.07, 6.45) is 2.01. The quantitative estimate of drug-likeness (QED) is 0.722. The number of rotatable bonds is 2. The Morgan fingerprint density at radius 3 is 2.89 bits per heavy atom. The molecule has 2 heterocycles. The number of nitrogens with two attached hydrogens (primary N) is 1. The molecule has 0 fully saturated rings. The fourth-order valence-electron chi connectivity index (χ4n) is 2.37. The first-order valence-electron chi connectivity index (χ1n) is 6.01. The first-order valence-corrected chi connectivity index (χ1v) is 6.01. The molecule has 92 valence electrons. The number of hydrogen-bond donors (Lipinski definition) is 2. The highest BCUT2D eigenvalue weighted by Crippen LogP contribution is 2.30. The van der Waals surface area contributed by atoms with Crippen molar-refractivity contribution in [3.63, 3.8) is 0 Å². The molecule has 0 aliphatic carbocycles. The van der Waals surface area contributed by atoms with E-state index in [2.05, 4.69) is 26.7 Å². The van der Waals surface area contributed by atoms with E-state index in [4.69, 9.17) is 5.73 Å². The Balaban J connectivity index is 2.29. The molecule has 3 aromatic rings. The van der Waals surface area contributed by atoms with Crippen LogP contribution < -0.4 is 5.73 Å². The predicted molar refractivity (Wildman–Crippen MR) is 73.1 cm³/mol. The Labute approximate surface area is 105 Å². The van der Waals surface area contributed by atoms with Gasteiger partial charge in [0.2, 0.25) is 0 Å². The van der Waals surface area contributed by atoms with E-state index in [0.717, 1.165) is 28.3 Å². The number of benzene rings is 1. The van der Waals surface area contributed by atoms with Crippen molar-refractivity contribution in [3.05, 3.63) is 42.0 Å². The van der Waals surface area contributed by atoms with Crippen molar-refractivity contribution in [2.24, 2.45) is 12.8 Å². The lowest BCUT2D eigenvalue weighted by atomic mass is 10.1. The van der Waals surface area contributed by atoms with E-state index in [9.17, 15) is 0 Å². The third-order valence-corrected chi connectivity index (χ3v) is 3.47. The number of nitrogens with zero attached hydrogens (tertiary/aromatic N) is 2. The summed E-state index contributed by atoms with van der Waals surface area (Å²) in [5.74, 6) is 0.982. The summed E-state index contributed by atoms with van der Waals surface area (Å²) >= 11 is 0. The average molecular weight is 240 g/mol. The van der Waals surface area contributed by atoms with E-state index in [1.165, 1.54) is 5.39 Å². The van der Waals surface area contributed by atoms with Gasteiger partial charge in [0, 0.05) is 36.3 Å². The number of para-hydroxylation sites is 1. The smallest absolute Gasteiger partial charge is 0.106 e. The maximum atomic E-state index is 5.84. The molecule has 0 saturated carbocycles. The molecule has 0 unspecified atom stereocenters. The summed E-state index contributed by atoms with van der Waals surface area (Å²) in [4.78, 5) is 7.91. The molecule has 1 aromatic carbocycles. The van der Waals surface area contributed by atoms with Gasteiger partial charge in [0.25, 0.3) is 0 Å².